The van der Waals surface area contributed by atoms with Gasteiger partial charge in [-0.05, 0) is 25.0 Å². The molecule has 1 saturated carbocycles. The van der Waals surface area contributed by atoms with Crippen molar-refractivity contribution >= 4 is 5.69 Å². The van der Waals surface area contributed by atoms with Crippen LogP contribution in [-0.2, 0) is 0 Å². The van der Waals surface area contributed by atoms with Gasteiger partial charge in [-0.25, -0.2) is 0 Å². The maximum Gasteiger partial charge on any atom is 0.147 e. The zero-order valence-electron chi connectivity index (χ0n) is 13.9. The van der Waals surface area contributed by atoms with Crippen molar-refractivity contribution in [2.75, 3.05) is 44.7 Å². The van der Waals surface area contributed by atoms with Crippen molar-refractivity contribution < 1.29 is 15.4 Å². The van der Waals surface area contributed by atoms with Crippen LogP contribution in [0.2, 0.25) is 0 Å². The number of methoxy groups -OCH3 is 1. The van der Waals surface area contributed by atoms with Gasteiger partial charge in [0.25, 0.3) is 0 Å². The number of hydrogen-bond donors (Lipinski definition) is 2. The van der Waals surface area contributed by atoms with E-state index < -0.39 is 0 Å². The van der Waals surface area contributed by atoms with Gasteiger partial charge in [0.15, 0.2) is 0 Å². The summed E-state index contributed by atoms with van der Waals surface area (Å²) in [4.78, 5) is 4.29. The Balaban J connectivity index is 1.67. The predicted molar refractivity (Wildman–Crippen MR) is 89.5 cm³/mol. The Morgan fingerprint density at radius 3 is 2.45 bits per heavy atom. The van der Waals surface area contributed by atoms with Crippen molar-refractivity contribution in [3.05, 3.63) is 24.3 Å². The molecule has 0 atom stereocenters. The number of ether oxygens (including phenoxy) is 1. The van der Waals surface area contributed by atoms with Crippen molar-refractivity contribution in [2.45, 2.75) is 37.6 Å². The topological polar surface area (TPSA) is 44.5 Å². The van der Waals surface area contributed by atoms with Gasteiger partial charge in [0.1, 0.15) is 17.8 Å². The summed E-state index contributed by atoms with van der Waals surface area (Å²) in [5.41, 5.74) is 6.02. The fraction of sp³-hybridized carbons (Fsp3) is 0.667. The van der Waals surface area contributed by atoms with Crippen LogP contribution in [-0.4, -0.2) is 45.4 Å². The Kier molecular flexibility index (Phi) is 4.89. The number of nitrogens with zero attached hydrogens (tertiary/aromatic N) is 1. The summed E-state index contributed by atoms with van der Waals surface area (Å²) in [6.07, 6.45) is 6.97. The van der Waals surface area contributed by atoms with Gasteiger partial charge < -0.3 is 20.3 Å². The highest BCUT2D eigenvalue weighted by atomic mass is 16.5. The van der Waals surface area contributed by atoms with Crippen molar-refractivity contribution in [3.63, 3.8) is 0 Å². The van der Waals surface area contributed by atoms with Crippen LogP contribution in [0.15, 0.2) is 24.3 Å². The molecule has 4 heteroatoms. The maximum atomic E-state index is 5.52. The molecule has 1 saturated heterocycles. The fourth-order valence-electron chi connectivity index (χ4n) is 4.45. The highest BCUT2D eigenvalue weighted by molar-refractivity contribution is 5.58. The van der Waals surface area contributed by atoms with E-state index >= 15 is 0 Å². The zero-order chi connectivity index (χ0) is 15.4. The quantitative estimate of drug-likeness (QED) is 0.843. The maximum absolute atomic E-state index is 5.52. The minimum absolute atomic E-state index is 0.463. The number of quaternary nitrogens is 2. The molecule has 2 aliphatic rings. The first-order chi connectivity index (χ1) is 10.8. The molecule has 1 aromatic carbocycles. The summed E-state index contributed by atoms with van der Waals surface area (Å²) >= 11 is 0. The van der Waals surface area contributed by atoms with Crippen molar-refractivity contribution in [3.8, 4) is 5.75 Å². The number of piperazine rings is 1. The van der Waals surface area contributed by atoms with E-state index in [1.807, 2.05) is 6.07 Å². The molecule has 0 aromatic heterocycles. The van der Waals surface area contributed by atoms with Gasteiger partial charge in [0.2, 0.25) is 0 Å². The first-order valence-corrected chi connectivity index (χ1v) is 8.81. The first-order valence-electron chi connectivity index (χ1n) is 8.81. The van der Waals surface area contributed by atoms with E-state index in [9.17, 15) is 0 Å². The van der Waals surface area contributed by atoms with E-state index in [1.165, 1.54) is 50.9 Å². The van der Waals surface area contributed by atoms with Crippen LogP contribution in [0.4, 0.5) is 5.69 Å². The summed E-state index contributed by atoms with van der Waals surface area (Å²) in [6.45, 7) is 5.80. The van der Waals surface area contributed by atoms with Gasteiger partial charge in [0.05, 0.1) is 39.0 Å². The van der Waals surface area contributed by atoms with E-state index in [1.54, 1.807) is 12.0 Å². The average Bonchev–Trinajstić information content (AvgIpc) is 2.62. The SMILES string of the molecule is COc1ccccc1N1CC[NH+](C2(C[NH3+])CCCCC2)CC1. The van der Waals surface area contributed by atoms with Gasteiger partial charge in [-0.1, -0.05) is 18.6 Å². The summed E-state index contributed by atoms with van der Waals surface area (Å²) in [6, 6.07) is 8.40. The van der Waals surface area contributed by atoms with E-state index in [0.717, 1.165) is 25.4 Å². The Morgan fingerprint density at radius 2 is 1.82 bits per heavy atom. The molecule has 0 bridgehead atoms. The Hall–Kier alpha value is -1.26. The molecule has 2 fully saturated rings. The lowest BCUT2D eigenvalue weighted by molar-refractivity contribution is -0.961. The van der Waals surface area contributed by atoms with Gasteiger partial charge in [-0.3, -0.25) is 0 Å². The normalized spacial score (nSPS) is 22.5. The largest absolute Gasteiger partial charge is 0.495 e. The molecular formula is C18H31N3O+2. The summed E-state index contributed by atoms with van der Waals surface area (Å²) in [7, 11) is 1.76. The lowest BCUT2D eigenvalue weighted by Gasteiger charge is -2.45. The fourth-order valence-corrected chi connectivity index (χ4v) is 4.45. The second-order valence-electron chi connectivity index (χ2n) is 6.85. The molecule has 0 unspecified atom stereocenters. The average molecular weight is 305 g/mol. The third-order valence-electron chi connectivity index (χ3n) is 5.83. The monoisotopic (exact) mass is 305 g/mol. The van der Waals surface area contributed by atoms with Crippen LogP contribution in [0, 0.1) is 0 Å². The number of nitrogens with one attached hydrogen (secondary N) is 1. The van der Waals surface area contributed by atoms with Crippen LogP contribution in [0.5, 0.6) is 5.75 Å². The lowest BCUT2D eigenvalue weighted by Crippen LogP contribution is -3.24. The van der Waals surface area contributed by atoms with Gasteiger partial charge >= 0.3 is 0 Å². The van der Waals surface area contributed by atoms with E-state index in [4.69, 9.17) is 4.74 Å². The van der Waals surface area contributed by atoms with Crippen LogP contribution in [0.3, 0.4) is 0 Å². The van der Waals surface area contributed by atoms with Gasteiger partial charge in [-0.2, -0.15) is 0 Å². The molecule has 1 aromatic rings. The third-order valence-corrected chi connectivity index (χ3v) is 5.83. The summed E-state index contributed by atoms with van der Waals surface area (Å²) in [5, 5.41) is 0. The summed E-state index contributed by atoms with van der Waals surface area (Å²) < 4.78 is 5.52. The minimum atomic E-state index is 0.463. The van der Waals surface area contributed by atoms with E-state index in [2.05, 4.69) is 28.8 Å². The standard InChI is InChI=1S/C18H29N3O/c1-22-17-8-4-3-7-16(17)20-11-13-21(14-12-20)18(15-19)9-5-2-6-10-18/h3-4,7-8H,2,5-6,9-15,19H2,1H3/p+2. The molecule has 122 valence electrons. The number of rotatable bonds is 4. The van der Waals surface area contributed by atoms with E-state index in [-0.39, 0.29) is 0 Å². The minimum Gasteiger partial charge on any atom is -0.495 e. The van der Waals surface area contributed by atoms with E-state index in [0.29, 0.717) is 5.54 Å². The molecule has 0 spiro atoms. The molecule has 4 N–H and O–H groups in total. The van der Waals surface area contributed by atoms with Gasteiger partial charge in [0, 0.05) is 12.8 Å². The predicted octanol–water partition coefficient (Wildman–Crippen LogP) is 0.345. The second-order valence-corrected chi connectivity index (χ2v) is 6.85. The molecule has 0 amide bonds. The highest BCUT2D eigenvalue weighted by Crippen LogP contribution is 2.28. The lowest BCUT2D eigenvalue weighted by atomic mass is 9.80. The molecule has 3 rings (SSSR count). The summed E-state index contributed by atoms with van der Waals surface area (Å²) in [5.74, 6) is 0.996. The van der Waals surface area contributed by atoms with Crippen LogP contribution < -0.4 is 20.3 Å². The van der Waals surface area contributed by atoms with Crippen molar-refractivity contribution in [2.24, 2.45) is 0 Å². The third kappa shape index (κ3) is 2.95. The Morgan fingerprint density at radius 1 is 1.14 bits per heavy atom. The van der Waals surface area contributed by atoms with Crippen molar-refractivity contribution in [1.29, 1.82) is 0 Å². The molecule has 4 nitrogen and oxygen atoms in total. The van der Waals surface area contributed by atoms with Crippen molar-refractivity contribution in [1.82, 2.24) is 0 Å². The van der Waals surface area contributed by atoms with Crippen LogP contribution >= 0.6 is 0 Å². The molecule has 1 aliphatic heterocycles. The number of anilines is 1. The Labute approximate surface area is 134 Å². The molecule has 1 aliphatic carbocycles. The first kappa shape index (κ1) is 15.6. The second kappa shape index (κ2) is 6.88. The highest BCUT2D eigenvalue weighted by Gasteiger charge is 2.43. The van der Waals surface area contributed by atoms with Crippen LogP contribution in [0.1, 0.15) is 32.1 Å². The molecular weight excluding hydrogens is 274 g/mol. The van der Waals surface area contributed by atoms with Crippen LogP contribution in [0.25, 0.3) is 0 Å². The number of benzene rings is 1. The smallest absolute Gasteiger partial charge is 0.147 e. The molecule has 0 radical (unpaired) electrons. The zero-order valence-corrected chi connectivity index (χ0v) is 13.9. The Bertz CT molecular complexity index is 477. The number of hydrogen-bond acceptors (Lipinski definition) is 2. The number of para-hydroxylation sites is 2. The van der Waals surface area contributed by atoms with Gasteiger partial charge in [-0.15, -0.1) is 0 Å². The molecule has 22 heavy (non-hydrogen) atoms. The molecule has 1 heterocycles.